The van der Waals surface area contributed by atoms with Crippen molar-refractivity contribution in [3.63, 3.8) is 0 Å². The van der Waals surface area contributed by atoms with Crippen molar-refractivity contribution in [3.05, 3.63) is 22.3 Å². The second-order valence-corrected chi connectivity index (χ2v) is 7.53. The van der Waals surface area contributed by atoms with Crippen LogP contribution >= 0.6 is 0 Å². The Morgan fingerprint density at radius 3 is 1.43 bits per heavy atom. The monoisotopic (exact) mass is 288 g/mol. The van der Waals surface area contributed by atoms with E-state index in [0.29, 0.717) is 6.10 Å². The van der Waals surface area contributed by atoms with Crippen molar-refractivity contribution in [2.75, 3.05) is 7.11 Å². The van der Waals surface area contributed by atoms with E-state index in [1.54, 1.807) is 5.57 Å². The second kappa shape index (κ2) is 7.13. The lowest BCUT2D eigenvalue weighted by atomic mass is 9.77. The molecule has 0 amide bonds. The van der Waals surface area contributed by atoms with Gasteiger partial charge in [0.25, 0.3) is 0 Å². The van der Waals surface area contributed by atoms with Crippen molar-refractivity contribution in [1.82, 2.24) is 0 Å². The van der Waals surface area contributed by atoms with Crippen molar-refractivity contribution < 1.29 is 4.74 Å². The van der Waals surface area contributed by atoms with E-state index in [-0.39, 0.29) is 0 Å². The van der Waals surface area contributed by atoms with Crippen LogP contribution in [0.5, 0.6) is 0 Å². The molecule has 3 saturated carbocycles. The van der Waals surface area contributed by atoms with Gasteiger partial charge in [0.1, 0.15) is 0 Å². The third-order valence-electron chi connectivity index (χ3n) is 6.20. The number of allylic oxidation sites excluding steroid dienone is 4. The lowest BCUT2D eigenvalue weighted by molar-refractivity contribution is 0.0798. The largest absolute Gasteiger partial charge is 0.381 e. The zero-order valence-corrected chi connectivity index (χ0v) is 14.0. The molecule has 0 saturated heterocycles. The van der Waals surface area contributed by atoms with Gasteiger partial charge in [-0.2, -0.15) is 0 Å². The molecular formula is C20H32O. The lowest BCUT2D eigenvalue weighted by Crippen LogP contribution is -2.17. The van der Waals surface area contributed by atoms with Crippen molar-refractivity contribution in [3.8, 4) is 0 Å². The van der Waals surface area contributed by atoms with Crippen LogP contribution < -0.4 is 0 Å². The summed E-state index contributed by atoms with van der Waals surface area (Å²) in [5, 5.41) is 0. The Kier molecular flexibility index (Phi) is 5.21. The quantitative estimate of drug-likeness (QED) is 0.541. The van der Waals surface area contributed by atoms with Crippen LogP contribution in [0, 0.1) is 5.92 Å². The van der Waals surface area contributed by atoms with Crippen LogP contribution in [-0.4, -0.2) is 13.2 Å². The van der Waals surface area contributed by atoms with E-state index in [4.69, 9.17) is 4.74 Å². The molecule has 0 radical (unpaired) electrons. The third kappa shape index (κ3) is 3.80. The lowest BCUT2D eigenvalue weighted by Gasteiger charge is -2.30. The average molecular weight is 288 g/mol. The van der Waals surface area contributed by atoms with Gasteiger partial charge in [0.05, 0.1) is 6.10 Å². The molecule has 3 rings (SSSR count). The number of rotatable bonds is 1. The summed E-state index contributed by atoms with van der Waals surface area (Å²) in [5.74, 6) is 0.964. The molecule has 0 aromatic carbocycles. The van der Waals surface area contributed by atoms with E-state index in [2.05, 4.69) is 6.92 Å². The number of methoxy groups -OCH3 is 1. The summed E-state index contributed by atoms with van der Waals surface area (Å²) >= 11 is 0. The van der Waals surface area contributed by atoms with Crippen LogP contribution in [0.4, 0.5) is 0 Å². The highest BCUT2D eigenvalue weighted by atomic mass is 16.5. The molecule has 118 valence electrons. The van der Waals surface area contributed by atoms with Crippen LogP contribution in [0.2, 0.25) is 0 Å². The number of hydrogen-bond donors (Lipinski definition) is 0. The summed E-state index contributed by atoms with van der Waals surface area (Å²) in [6.07, 6.45) is 16.8. The minimum absolute atomic E-state index is 0.528. The van der Waals surface area contributed by atoms with Gasteiger partial charge in [-0.3, -0.25) is 0 Å². The van der Waals surface area contributed by atoms with Crippen LogP contribution in [-0.2, 0) is 4.74 Å². The summed E-state index contributed by atoms with van der Waals surface area (Å²) in [6.45, 7) is 2.42. The van der Waals surface area contributed by atoms with Gasteiger partial charge < -0.3 is 4.74 Å². The van der Waals surface area contributed by atoms with E-state index >= 15 is 0 Å². The summed E-state index contributed by atoms with van der Waals surface area (Å²) in [6, 6.07) is 0. The van der Waals surface area contributed by atoms with Crippen LogP contribution in [0.15, 0.2) is 22.3 Å². The topological polar surface area (TPSA) is 9.23 Å². The molecule has 0 aromatic heterocycles. The molecule has 3 aliphatic carbocycles. The van der Waals surface area contributed by atoms with Gasteiger partial charge in [0, 0.05) is 7.11 Å². The Hall–Kier alpha value is -0.560. The molecule has 0 unspecified atom stereocenters. The molecule has 0 atom stereocenters. The SMILES string of the molecule is COC1CCC(=C2CCC(=C3CCC(C)CC3)CC2)CC1. The maximum absolute atomic E-state index is 5.50. The average Bonchev–Trinajstić information content (AvgIpc) is 2.56. The fourth-order valence-electron chi connectivity index (χ4n) is 4.55. The van der Waals surface area contributed by atoms with Crippen LogP contribution in [0.3, 0.4) is 0 Å². The van der Waals surface area contributed by atoms with Crippen molar-refractivity contribution in [1.29, 1.82) is 0 Å². The predicted octanol–water partition coefficient (Wildman–Crippen LogP) is 5.95. The van der Waals surface area contributed by atoms with Gasteiger partial charge in [-0.05, 0) is 83.0 Å². The standard InChI is InChI=1S/C20H32O/c1-15-3-5-16(6-4-15)17-7-9-18(10-8-17)19-11-13-20(21-2)14-12-19/h15,20H,3-14H2,1-2H3. The molecule has 3 aliphatic rings. The van der Waals surface area contributed by atoms with Crippen molar-refractivity contribution >= 4 is 0 Å². The highest BCUT2D eigenvalue weighted by Crippen LogP contribution is 2.39. The normalized spacial score (nSPS) is 31.7. The van der Waals surface area contributed by atoms with Crippen LogP contribution in [0.1, 0.15) is 84.0 Å². The van der Waals surface area contributed by atoms with Crippen molar-refractivity contribution in [2.45, 2.75) is 90.1 Å². The van der Waals surface area contributed by atoms with Gasteiger partial charge in [-0.25, -0.2) is 0 Å². The minimum atomic E-state index is 0.528. The number of ether oxygens (including phenoxy) is 1. The molecule has 3 fully saturated rings. The van der Waals surface area contributed by atoms with Gasteiger partial charge in [-0.15, -0.1) is 0 Å². The molecule has 0 heterocycles. The van der Waals surface area contributed by atoms with E-state index in [1.807, 2.05) is 23.8 Å². The Morgan fingerprint density at radius 2 is 1.00 bits per heavy atom. The summed E-state index contributed by atoms with van der Waals surface area (Å²) in [4.78, 5) is 0. The fraction of sp³-hybridized carbons (Fsp3) is 0.800. The summed E-state index contributed by atoms with van der Waals surface area (Å²) < 4.78 is 5.50. The molecule has 0 bridgehead atoms. The molecule has 0 spiro atoms. The van der Waals surface area contributed by atoms with Crippen LogP contribution in [0.25, 0.3) is 0 Å². The fourth-order valence-corrected chi connectivity index (χ4v) is 4.55. The maximum Gasteiger partial charge on any atom is 0.0577 e. The minimum Gasteiger partial charge on any atom is -0.381 e. The first-order chi connectivity index (χ1) is 10.3. The maximum atomic E-state index is 5.50. The third-order valence-corrected chi connectivity index (χ3v) is 6.20. The Labute approximate surface area is 130 Å². The van der Waals surface area contributed by atoms with Gasteiger partial charge >= 0.3 is 0 Å². The van der Waals surface area contributed by atoms with E-state index in [9.17, 15) is 0 Å². The Morgan fingerprint density at radius 1 is 0.619 bits per heavy atom. The molecule has 1 heteroatoms. The molecule has 0 aromatic rings. The second-order valence-electron chi connectivity index (χ2n) is 7.53. The highest BCUT2D eigenvalue weighted by Gasteiger charge is 2.22. The Balaban J connectivity index is 1.57. The first-order valence-electron chi connectivity index (χ1n) is 9.18. The predicted molar refractivity (Wildman–Crippen MR) is 89.4 cm³/mol. The van der Waals surface area contributed by atoms with Gasteiger partial charge in [0.15, 0.2) is 0 Å². The van der Waals surface area contributed by atoms with Gasteiger partial charge in [0.2, 0.25) is 0 Å². The zero-order chi connectivity index (χ0) is 14.7. The summed E-state index contributed by atoms with van der Waals surface area (Å²) in [7, 11) is 1.87. The van der Waals surface area contributed by atoms with E-state index in [1.165, 1.54) is 77.0 Å². The first kappa shape index (κ1) is 15.3. The molecule has 0 aliphatic heterocycles. The van der Waals surface area contributed by atoms with Crippen molar-refractivity contribution in [2.24, 2.45) is 5.92 Å². The molecular weight excluding hydrogens is 256 g/mol. The molecule has 1 nitrogen and oxygen atoms in total. The van der Waals surface area contributed by atoms with Gasteiger partial charge in [-0.1, -0.05) is 29.2 Å². The highest BCUT2D eigenvalue weighted by molar-refractivity contribution is 5.26. The number of hydrogen-bond acceptors (Lipinski definition) is 1. The first-order valence-corrected chi connectivity index (χ1v) is 9.18. The Bertz CT molecular complexity index is 397. The smallest absolute Gasteiger partial charge is 0.0577 e. The van der Waals surface area contributed by atoms with E-state index < -0.39 is 0 Å². The molecule has 21 heavy (non-hydrogen) atoms. The van der Waals surface area contributed by atoms with E-state index in [0.717, 1.165) is 5.92 Å². The zero-order valence-electron chi connectivity index (χ0n) is 14.0. The summed E-state index contributed by atoms with van der Waals surface area (Å²) in [5.41, 5.74) is 7.31. The molecule has 0 N–H and O–H groups in total.